The van der Waals surface area contributed by atoms with E-state index in [2.05, 4.69) is 10.3 Å². The lowest BCUT2D eigenvalue weighted by atomic mass is 10.1. The van der Waals surface area contributed by atoms with Crippen LogP contribution in [-0.2, 0) is 4.74 Å². The number of nitrogens with zero attached hydrogens (tertiary/aromatic N) is 1. The van der Waals surface area contributed by atoms with Gasteiger partial charge in [0.1, 0.15) is 23.3 Å². The van der Waals surface area contributed by atoms with E-state index in [0.29, 0.717) is 12.3 Å². The Morgan fingerprint density at radius 3 is 3.06 bits per heavy atom. The van der Waals surface area contributed by atoms with Crippen LogP contribution in [0, 0.1) is 5.82 Å². The zero-order valence-corrected chi connectivity index (χ0v) is 9.24. The number of hydrogen-bond donors (Lipinski definition) is 1. The van der Waals surface area contributed by atoms with Gasteiger partial charge in [-0.25, -0.2) is 4.39 Å². The van der Waals surface area contributed by atoms with Crippen LogP contribution in [-0.4, -0.2) is 18.6 Å². The van der Waals surface area contributed by atoms with Gasteiger partial charge in [-0.1, -0.05) is 0 Å². The van der Waals surface area contributed by atoms with E-state index in [1.807, 2.05) is 6.08 Å². The van der Waals surface area contributed by atoms with Crippen molar-refractivity contribution in [1.29, 1.82) is 0 Å². The van der Waals surface area contributed by atoms with Gasteiger partial charge in [0, 0.05) is 6.20 Å². The monoisotopic (exact) mass is 222 g/mol. The lowest BCUT2D eigenvalue weighted by molar-refractivity contribution is 0.167. The summed E-state index contributed by atoms with van der Waals surface area (Å²) in [7, 11) is 1.78. The van der Waals surface area contributed by atoms with Gasteiger partial charge in [-0.05, 0) is 38.1 Å². The predicted molar refractivity (Wildman–Crippen MR) is 59.3 cm³/mol. The first-order valence-corrected chi connectivity index (χ1v) is 5.43. The van der Waals surface area contributed by atoms with Crippen molar-refractivity contribution in [2.45, 2.75) is 18.9 Å². The minimum absolute atomic E-state index is 0.290. The summed E-state index contributed by atoms with van der Waals surface area (Å²) in [6.07, 6.45) is 5.58. The molecule has 3 nitrogen and oxygen atoms in total. The van der Waals surface area contributed by atoms with Gasteiger partial charge in [-0.2, -0.15) is 0 Å². The second-order valence-corrected chi connectivity index (χ2v) is 3.69. The number of rotatable bonds is 3. The van der Waals surface area contributed by atoms with Gasteiger partial charge in [0.2, 0.25) is 0 Å². The maximum Gasteiger partial charge on any atom is 0.146 e. The van der Waals surface area contributed by atoms with E-state index in [1.165, 1.54) is 6.07 Å². The second-order valence-electron chi connectivity index (χ2n) is 3.69. The van der Waals surface area contributed by atoms with Gasteiger partial charge in [0.05, 0.1) is 6.61 Å². The lowest BCUT2D eigenvalue weighted by Crippen LogP contribution is -2.24. The molecule has 2 heterocycles. The van der Waals surface area contributed by atoms with Crippen LogP contribution in [0.4, 0.5) is 4.39 Å². The first-order valence-electron chi connectivity index (χ1n) is 5.43. The van der Waals surface area contributed by atoms with Gasteiger partial charge in [0.25, 0.3) is 0 Å². The SMILES string of the molecule is CNC(C1=CCCCO1)c1ncccc1F. The summed E-state index contributed by atoms with van der Waals surface area (Å²) in [5, 5.41) is 3.03. The van der Waals surface area contributed by atoms with Gasteiger partial charge >= 0.3 is 0 Å². The maximum atomic E-state index is 13.6. The van der Waals surface area contributed by atoms with Crippen molar-refractivity contribution >= 4 is 0 Å². The molecular formula is C12H15FN2O. The molecule has 0 aromatic carbocycles. The Bertz CT molecular complexity index is 392. The lowest BCUT2D eigenvalue weighted by Gasteiger charge is -2.23. The van der Waals surface area contributed by atoms with Crippen LogP contribution in [0.5, 0.6) is 0 Å². The van der Waals surface area contributed by atoms with Gasteiger partial charge in [-0.3, -0.25) is 4.98 Å². The number of allylic oxidation sites excluding steroid dienone is 1. The fourth-order valence-corrected chi connectivity index (χ4v) is 1.80. The van der Waals surface area contributed by atoms with Crippen LogP contribution in [0.2, 0.25) is 0 Å². The van der Waals surface area contributed by atoms with Crippen LogP contribution in [0.25, 0.3) is 0 Å². The Labute approximate surface area is 94.3 Å². The summed E-state index contributed by atoms with van der Waals surface area (Å²) >= 11 is 0. The fraction of sp³-hybridized carbons (Fsp3) is 0.417. The number of ether oxygens (including phenoxy) is 1. The zero-order chi connectivity index (χ0) is 11.4. The Morgan fingerprint density at radius 2 is 2.44 bits per heavy atom. The number of likely N-dealkylation sites (N-methyl/N-ethyl adjacent to an activating group) is 1. The fourth-order valence-electron chi connectivity index (χ4n) is 1.80. The molecule has 1 aromatic rings. The topological polar surface area (TPSA) is 34.1 Å². The molecule has 86 valence electrons. The van der Waals surface area contributed by atoms with Crippen LogP contribution in [0.1, 0.15) is 24.6 Å². The molecule has 0 amide bonds. The number of nitrogens with one attached hydrogen (secondary N) is 1. The highest BCUT2D eigenvalue weighted by Crippen LogP contribution is 2.25. The van der Waals surface area contributed by atoms with Crippen LogP contribution in [0.15, 0.2) is 30.2 Å². The van der Waals surface area contributed by atoms with Crippen molar-refractivity contribution in [1.82, 2.24) is 10.3 Å². The molecule has 1 atom stereocenters. The van der Waals surface area contributed by atoms with Gasteiger partial charge < -0.3 is 10.1 Å². The molecule has 1 aliphatic rings. The molecular weight excluding hydrogens is 207 g/mol. The average molecular weight is 222 g/mol. The van der Waals surface area contributed by atoms with E-state index in [-0.39, 0.29) is 11.9 Å². The van der Waals surface area contributed by atoms with E-state index in [9.17, 15) is 4.39 Å². The third-order valence-corrected chi connectivity index (χ3v) is 2.60. The molecule has 2 rings (SSSR count). The average Bonchev–Trinajstić information content (AvgIpc) is 2.34. The first-order chi connectivity index (χ1) is 7.83. The summed E-state index contributed by atoms with van der Waals surface area (Å²) in [4.78, 5) is 4.07. The molecule has 0 aliphatic carbocycles. The summed E-state index contributed by atoms with van der Waals surface area (Å²) in [5.74, 6) is 0.461. The van der Waals surface area contributed by atoms with Crippen molar-refractivity contribution in [3.63, 3.8) is 0 Å². The Balaban J connectivity index is 2.28. The maximum absolute atomic E-state index is 13.6. The van der Waals surface area contributed by atoms with E-state index < -0.39 is 0 Å². The first kappa shape index (κ1) is 11.1. The van der Waals surface area contributed by atoms with E-state index >= 15 is 0 Å². The third-order valence-electron chi connectivity index (χ3n) is 2.60. The third kappa shape index (κ3) is 2.22. The normalized spacial score (nSPS) is 17.5. The quantitative estimate of drug-likeness (QED) is 0.851. The molecule has 1 aliphatic heterocycles. The van der Waals surface area contributed by atoms with Crippen LogP contribution >= 0.6 is 0 Å². The van der Waals surface area contributed by atoms with E-state index in [0.717, 1.165) is 18.6 Å². The highest BCUT2D eigenvalue weighted by molar-refractivity contribution is 5.21. The second kappa shape index (κ2) is 5.07. The summed E-state index contributed by atoms with van der Waals surface area (Å²) < 4.78 is 19.1. The minimum atomic E-state index is -0.308. The highest BCUT2D eigenvalue weighted by atomic mass is 19.1. The Hall–Kier alpha value is -1.42. The molecule has 1 unspecified atom stereocenters. The summed E-state index contributed by atoms with van der Waals surface area (Å²) in [5.41, 5.74) is 0.387. The predicted octanol–water partition coefficient (Wildman–Crippen LogP) is 2.18. The van der Waals surface area contributed by atoms with E-state index in [1.54, 1.807) is 19.3 Å². The molecule has 0 bridgehead atoms. The van der Waals surface area contributed by atoms with E-state index in [4.69, 9.17) is 4.74 Å². The molecule has 0 saturated carbocycles. The molecule has 0 saturated heterocycles. The summed E-state index contributed by atoms with van der Waals surface area (Å²) in [6.45, 7) is 0.693. The number of aromatic nitrogens is 1. The molecule has 0 spiro atoms. The Kier molecular flexibility index (Phi) is 3.51. The molecule has 1 aromatic heterocycles. The highest BCUT2D eigenvalue weighted by Gasteiger charge is 2.22. The molecule has 16 heavy (non-hydrogen) atoms. The van der Waals surface area contributed by atoms with Crippen molar-refractivity contribution in [3.05, 3.63) is 41.7 Å². The largest absolute Gasteiger partial charge is 0.496 e. The number of hydrogen-bond acceptors (Lipinski definition) is 3. The summed E-state index contributed by atoms with van der Waals surface area (Å²) in [6, 6.07) is 2.71. The minimum Gasteiger partial charge on any atom is -0.496 e. The van der Waals surface area contributed by atoms with Crippen molar-refractivity contribution in [3.8, 4) is 0 Å². The zero-order valence-electron chi connectivity index (χ0n) is 9.24. The number of pyridine rings is 1. The van der Waals surface area contributed by atoms with Gasteiger partial charge in [0.15, 0.2) is 0 Å². The molecule has 0 fully saturated rings. The molecule has 4 heteroatoms. The number of halogens is 1. The van der Waals surface area contributed by atoms with Gasteiger partial charge in [-0.15, -0.1) is 0 Å². The Morgan fingerprint density at radius 1 is 1.56 bits per heavy atom. The van der Waals surface area contributed by atoms with Crippen LogP contribution in [0.3, 0.4) is 0 Å². The molecule has 1 N–H and O–H groups in total. The van der Waals surface area contributed by atoms with Crippen LogP contribution < -0.4 is 5.32 Å². The molecule has 0 radical (unpaired) electrons. The standard InChI is InChI=1S/C12H15FN2O/c1-14-12(10-6-2-3-8-16-10)11-9(13)5-4-7-15-11/h4-7,12,14H,2-3,8H2,1H3. The van der Waals surface area contributed by atoms with Crippen molar-refractivity contribution in [2.24, 2.45) is 0 Å². The van der Waals surface area contributed by atoms with Crippen molar-refractivity contribution < 1.29 is 9.13 Å². The van der Waals surface area contributed by atoms with Crippen molar-refractivity contribution in [2.75, 3.05) is 13.7 Å². The smallest absolute Gasteiger partial charge is 0.146 e.